The molecule has 70 valence electrons. The second kappa shape index (κ2) is 4.04. The summed E-state index contributed by atoms with van der Waals surface area (Å²) in [6.45, 7) is 1.64. The molecule has 3 N–H and O–H groups in total. The summed E-state index contributed by atoms with van der Waals surface area (Å²) in [4.78, 5) is 18.2. The summed E-state index contributed by atoms with van der Waals surface area (Å²) >= 11 is 5.53. The van der Waals surface area contributed by atoms with E-state index in [0.29, 0.717) is 5.82 Å². The van der Waals surface area contributed by atoms with Gasteiger partial charge in [-0.25, -0.2) is 9.97 Å². The predicted molar refractivity (Wildman–Crippen MR) is 49.3 cm³/mol. The molecule has 0 radical (unpaired) electrons. The van der Waals surface area contributed by atoms with Crippen LogP contribution in [0.15, 0.2) is 12.3 Å². The Balaban J connectivity index is 2.69. The van der Waals surface area contributed by atoms with Crippen LogP contribution in [-0.4, -0.2) is 21.9 Å². The molecule has 1 aromatic rings. The number of hydrogen-bond donors (Lipinski definition) is 2. The summed E-state index contributed by atoms with van der Waals surface area (Å²) in [5.41, 5.74) is 5.04. The molecule has 0 bridgehead atoms. The van der Waals surface area contributed by atoms with Gasteiger partial charge in [0.15, 0.2) is 0 Å². The zero-order valence-electron chi connectivity index (χ0n) is 6.99. The molecular formula is C7H9ClN4O. The SMILES string of the molecule is CC(Nc1ccnc(Cl)n1)C(N)=O. The molecule has 0 aliphatic heterocycles. The van der Waals surface area contributed by atoms with Gasteiger partial charge >= 0.3 is 0 Å². The van der Waals surface area contributed by atoms with Gasteiger partial charge in [0.25, 0.3) is 0 Å². The fraction of sp³-hybridized carbons (Fsp3) is 0.286. The first-order valence-electron chi connectivity index (χ1n) is 3.64. The number of nitrogens with two attached hydrogens (primary N) is 1. The van der Waals surface area contributed by atoms with E-state index in [4.69, 9.17) is 17.3 Å². The number of nitrogens with zero attached hydrogens (tertiary/aromatic N) is 2. The smallest absolute Gasteiger partial charge is 0.239 e. The molecule has 1 heterocycles. The zero-order chi connectivity index (χ0) is 9.84. The van der Waals surface area contributed by atoms with Gasteiger partial charge < -0.3 is 11.1 Å². The fourth-order valence-corrected chi connectivity index (χ4v) is 0.856. The molecular weight excluding hydrogens is 192 g/mol. The Bertz CT molecular complexity index is 317. The van der Waals surface area contributed by atoms with Crippen LogP contribution in [0.3, 0.4) is 0 Å². The first kappa shape index (κ1) is 9.73. The minimum Gasteiger partial charge on any atom is -0.368 e. The van der Waals surface area contributed by atoms with Gasteiger partial charge in [-0.2, -0.15) is 0 Å². The van der Waals surface area contributed by atoms with Crippen LogP contribution in [0, 0.1) is 0 Å². The van der Waals surface area contributed by atoms with Gasteiger partial charge in [0.1, 0.15) is 11.9 Å². The maximum atomic E-state index is 10.7. The van der Waals surface area contributed by atoms with Gasteiger partial charge in [-0.05, 0) is 24.6 Å². The molecule has 0 aromatic carbocycles. The Morgan fingerprint density at radius 2 is 2.46 bits per heavy atom. The largest absolute Gasteiger partial charge is 0.368 e. The second-order valence-electron chi connectivity index (χ2n) is 2.48. The van der Waals surface area contributed by atoms with Crippen molar-refractivity contribution >= 4 is 23.3 Å². The first-order valence-corrected chi connectivity index (χ1v) is 4.02. The van der Waals surface area contributed by atoms with Crippen LogP contribution in [0.5, 0.6) is 0 Å². The zero-order valence-corrected chi connectivity index (χ0v) is 7.75. The van der Waals surface area contributed by atoms with Crippen LogP contribution in [0.2, 0.25) is 5.28 Å². The number of carbonyl (C=O) groups is 1. The van der Waals surface area contributed by atoms with Crippen molar-refractivity contribution in [1.29, 1.82) is 0 Å². The molecule has 0 saturated carbocycles. The molecule has 13 heavy (non-hydrogen) atoms. The van der Waals surface area contributed by atoms with E-state index >= 15 is 0 Å². The molecule has 0 spiro atoms. The Labute approximate surface area is 80.3 Å². The molecule has 1 atom stereocenters. The lowest BCUT2D eigenvalue weighted by Crippen LogP contribution is -2.32. The number of halogens is 1. The van der Waals surface area contributed by atoms with E-state index in [0.717, 1.165) is 0 Å². The van der Waals surface area contributed by atoms with Crippen molar-refractivity contribution in [2.45, 2.75) is 13.0 Å². The number of aromatic nitrogens is 2. The Hall–Kier alpha value is -1.36. The number of amides is 1. The van der Waals surface area contributed by atoms with Gasteiger partial charge in [0.2, 0.25) is 11.2 Å². The third-order valence-electron chi connectivity index (χ3n) is 1.42. The van der Waals surface area contributed by atoms with E-state index in [1.165, 1.54) is 6.20 Å². The van der Waals surface area contributed by atoms with Crippen molar-refractivity contribution in [3.8, 4) is 0 Å². The van der Waals surface area contributed by atoms with E-state index in [2.05, 4.69) is 15.3 Å². The molecule has 0 saturated heterocycles. The number of hydrogen-bond acceptors (Lipinski definition) is 4. The van der Waals surface area contributed by atoms with Crippen molar-refractivity contribution in [2.24, 2.45) is 5.73 Å². The van der Waals surface area contributed by atoms with E-state index in [-0.39, 0.29) is 5.28 Å². The topological polar surface area (TPSA) is 80.9 Å². The summed E-state index contributed by atoms with van der Waals surface area (Å²) in [5.74, 6) is 0.0287. The fourth-order valence-electron chi connectivity index (χ4n) is 0.708. The highest BCUT2D eigenvalue weighted by Crippen LogP contribution is 2.06. The van der Waals surface area contributed by atoms with Crippen LogP contribution >= 0.6 is 11.6 Å². The van der Waals surface area contributed by atoms with Gasteiger partial charge in [-0.3, -0.25) is 4.79 Å². The molecule has 0 fully saturated rings. The van der Waals surface area contributed by atoms with E-state index in [1.54, 1.807) is 13.0 Å². The summed E-state index contributed by atoms with van der Waals surface area (Å²) in [6.07, 6.45) is 1.49. The molecule has 5 nitrogen and oxygen atoms in total. The predicted octanol–water partition coefficient (Wildman–Crippen LogP) is 0.416. The average Bonchev–Trinajstić information content (AvgIpc) is 2.04. The highest BCUT2D eigenvalue weighted by Gasteiger charge is 2.08. The lowest BCUT2D eigenvalue weighted by molar-refractivity contribution is -0.118. The number of rotatable bonds is 3. The summed E-state index contributed by atoms with van der Waals surface area (Å²) in [5, 5.41) is 2.90. The van der Waals surface area contributed by atoms with Crippen molar-refractivity contribution in [3.05, 3.63) is 17.5 Å². The van der Waals surface area contributed by atoms with E-state index in [1.807, 2.05) is 0 Å². The summed E-state index contributed by atoms with van der Waals surface area (Å²) in [7, 11) is 0. The van der Waals surface area contributed by atoms with Crippen LogP contribution < -0.4 is 11.1 Å². The highest BCUT2D eigenvalue weighted by molar-refractivity contribution is 6.28. The summed E-state index contributed by atoms with van der Waals surface area (Å²) < 4.78 is 0. The van der Waals surface area contributed by atoms with Crippen LogP contribution in [0.25, 0.3) is 0 Å². The van der Waals surface area contributed by atoms with Crippen molar-refractivity contribution in [3.63, 3.8) is 0 Å². The maximum Gasteiger partial charge on any atom is 0.239 e. The Morgan fingerprint density at radius 3 is 3.00 bits per heavy atom. The van der Waals surface area contributed by atoms with E-state index < -0.39 is 11.9 Å². The molecule has 1 rings (SSSR count). The highest BCUT2D eigenvalue weighted by atomic mass is 35.5. The molecule has 0 aliphatic rings. The monoisotopic (exact) mass is 200 g/mol. The standard InChI is InChI=1S/C7H9ClN4O/c1-4(6(9)13)11-5-2-3-10-7(8)12-5/h2-4H,1H3,(H2,9,13)(H,10,11,12). The number of nitrogens with one attached hydrogen (secondary N) is 1. The molecule has 1 amide bonds. The van der Waals surface area contributed by atoms with Gasteiger partial charge in [0.05, 0.1) is 0 Å². The maximum absolute atomic E-state index is 10.7. The molecule has 1 unspecified atom stereocenters. The lowest BCUT2D eigenvalue weighted by Gasteiger charge is -2.09. The van der Waals surface area contributed by atoms with Crippen molar-refractivity contribution < 1.29 is 4.79 Å². The van der Waals surface area contributed by atoms with E-state index in [9.17, 15) is 4.79 Å². The average molecular weight is 201 g/mol. The van der Waals surface area contributed by atoms with Gasteiger partial charge in [0, 0.05) is 6.20 Å². The third-order valence-corrected chi connectivity index (χ3v) is 1.60. The van der Waals surface area contributed by atoms with Crippen LogP contribution in [0.1, 0.15) is 6.92 Å². The minimum absolute atomic E-state index is 0.127. The Kier molecular flexibility index (Phi) is 3.02. The molecule has 1 aromatic heterocycles. The first-order chi connectivity index (χ1) is 6.09. The van der Waals surface area contributed by atoms with Crippen molar-refractivity contribution in [2.75, 3.05) is 5.32 Å². The normalized spacial score (nSPS) is 12.2. The van der Waals surface area contributed by atoms with Crippen LogP contribution in [0.4, 0.5) is 5.82 Å². The second-order valence-corrected chi connectivity index (χ2v) is 2.82. The minimum atomic E-state index is -0.481. The van der Waals surface area contributed by atoms with Crippen LogP contribution in [-0.2, 0) is 4.79 Å². The number of carbonyl (C=O) groups excluding carboxylic acids is 1. The number of anilines is 1. The molecule has 0 aliphatic carbocycles. The lowest BCUT2D eigenvalue weighted by atomic mass is 10.3. The number of primary amides is 1. The Morgan fingerprint density at radius 1 is 1.77 bits per heavy atom. The third kappa shape index (κ3) is 2.87. The summed E-state index contributed by atoms with van der Waals surface area (Å²) in [6, 6.07) is 1.12. The van der Waals surface area contributed by atoms with Crippen molar-refractivity contribution in [1.82, 2.24) is 9.97 Å². The van der Waals surface area contributed by atoms with Gasteiger partial charge in [-0.15, -0.1) is 0 Å². The quantitative estimate of drug-likeness (QED) is 0.693. The van der Waals surface area contributed by atoms with Gasteiger partial charge in [-0.1, -0.05) is 0 Å². The molecule has 6 heteroatoms.